The Hall–Kier alpha value is -1.84. The number of hydrogen-bond acceptors (Lipinski definition) is 2. The first-order valence-corrected chi connectivity index (χ1v) is 8.78. The molecule has 0 saturated carbocycles. The lowest BCUT2D eigenvalue weighted by Gasteiger charge is -2.34. The molecule has 0 aliphatic carbocycles. The Morgan fingerprint density at radius 2 is 1.92 bits per heavy atom. The van der Waals surface area contributed by atoms with Gasteiger partial charge in [-0.25, -0.2) is 0 Å². The van der Waals surface area contributed by atoms with E-state index in [1.165, 1.54) is 5.56 Å². The molecule has 0 fully saturated rings. The van der Waals surface area contributed by atoms with E-state index >= 15 is 0 Å². The maximum absolute atomic E-state index is 13.0. The topological polar surface area (TPSA) is 23.6 Å². The number of para-hydroxylation sites is 1. The highest BCUT2D eigenvalue weighted by Crippen LogP contribution is 2.27. The van der Waals surface area contributed by atoms with Gasteiger partial charge in [-0.1, -0.05) is 41.9 Å². The summed E-state index contributed by atoms with van der Waals surface area (Å²) in [6.45, 7) is 3.50. The summed E-state index contributed by atoms with van der Waals surface area (Å²) in [5, 5.41) is 0.732. The van der Waals surface area contributed by atoms with Crippen molar-refractivity contribution in [1.82, 2.24) is 4.90 Å². The van der Waals surface area contributed by atoms with E-state index < -0.39 is 0 Å². The zero-order chi connectivity index (χ0) is 17.1. The van der Waals surface area contributed by atoms with Crippen LogP contribution in [0.25, 0.3) is 0 Å². The molecule has 1 atom stereocenters. The number of amides is 1. The predicted octanol–water partition coefficient (Wildman–Crippen LogP) is 4.14. The van der Waals surface area contributed by atoms with Crippen LogP contribution >= 0.6 is 11.6 Å². The lowest BCUT2D eigenvalue weighted by molar-refractivity contribution is -0.123. The average molecular weight is 343 g/mol. The van der Waals surface area contributed by atoms with E-state index in [-0.39, 0.29) is 11.9 Å². The molecule has 24 heavy (non-hydrogen) atoms. The largest absolute Gasteiger partial charge is 0.311 e. The number of likely N-dealkylation sites (N-methyl/N-ethyl adjacent to an activating group) is 1. The summed E-state index contributed by atoms with van der Waals surface area (Å²) in [5.74, 6) is 0.165. The van der Waals surface area contributed by atoms with E-state index in [2.05, 4.69) is 17.0 Å². The molecule has 0 spiro atoms. The molecule has 3 nitrogen and oxygen atoms in total. The first kappa shape index (κ1) is 17.0. The number of fused-ring (bicyclic) bond motifs is 1. The molecule has 4 heteroatoms. The van der Waals surface area contributed by atoms with Crippen LogP contribution in [0.5, 0.6) is 0 Å². The zero-order valence-electron chi connectivity index (χ0n) is 14.2. The van der Waals surface area contributed by atoms with Crippen LogP contribution in [-0.2, 0) is 17.8 Å². The summed E-state index contributed by atoms with van der Waals surface area (Å²) in [4.78, 5) is 17.0. The molecule has 0 aromatic heterocycles. The molecule has 2 aromatic carbocycles. The number of nitrogens with zero attached hydrogens (tertiary/aromatic N) is 2. The minimum atomic E-state index is -0.174. The van der Waals surface area contributed by atoms with Crippen LogP contribution in [0.3, 0.4) is 0 Å². The van der Waals surface area contributed by atoms with Crippen LogP contribution in [0, 0.1) is 0 Å². The third kappa shape index (κ3) is 3.63. The third-order valence-electron chi connectivity index (χ3n) is 4.74. The quantitative estimate of drug-likeness (QED) is 0.833. The van der Waals surface area contributed by atoms with E-state index in [9.17, 15) is 4.79 Å². The van der Waals surface area contributed by atoms with Crippen molar-refractivity contribution < 1.29 is 4.79 Å². The highest BCUT2D eigenvalue weighted by atomic mass is 35.5. The second-order valence-electron chi connectivity index (χ2n) is 6.44. The number of rotatable bonds is 4. The monoisotopic (exact) mass is 342 g/mol. The maximum atomic E-state index is 13.0. The molecule has 3 rings (SSSR count). The molecule has 0 N–H and O–H groups in total. The lowest BCUT2D eigenvalue weighted by atomic mass is 10.0. The Balaban J connectivity index is 1.71. The molecule has 1 aliphatic rings. The molecule has 1 aliphatic heterocycles. The Morgan fingerprint density at radius 1 is 1.21 bits per heavy atom. The van der Waals surface area contributed by atoms with Gasteiger partial charge in [0.05, 0.1) is 6.04 Å². The molecule has 0 saturated heterocycles. The van der Waals surface area contributed by atoms with Crippen LogP contribution < -0.4 is 4.90 Å². The van der Waals surface area contributed by atoms with E-state index in [4.69, 9.17) is 11.6 Å². The van der Waals surface area contributed by atoms with Gasteiger partial charge in [-0.05, 0) is 56.1 Å². The molecule has 1 amide bonds. The summed E-state index contributed by atoms with van der Waals surface area (Å²) in [7, 11) is 1.99. The molecule has 1 unspecified atom stereocenters. The van der Waals surface area contributed by atoms with Gasteiger partial charge in [0.25, 0.3) is 0 Å². The molecule has 0 bridgehead atoms. The predicted molar refractivity (Wildman–Crippen MR) is 99.5 cm³/mol. The van der Waals surface area contributed by atoms with Crippen LogP contribution in [0.15, 0.2) is 48.5 Å². The molecule has 126 valence electrons. The Morgan fingerprint density at radius 3 is 2.67 bits per heavy atom. The minimum absolute atomic E-state index is 0.165. The van der Waals surface area contributed by atoms with Crippen LogP contribution in [0.2, 0.25) is 5.02 Å². The van der Waals surface area contributed by atoms with Crippen molar-refractivity contribution in [2.45, 2.75) is 32.4 Å². The number of hydrogen-bond donors (Lipinski definition) is 0. The third-order valence-corrected chi connectivity index (χ3v) is 4.99. The number of halogens is 1. The van der Waals surface area contributed by atoms with Gasteiger partial charge < -0.3 is 4.90 Å². The fraction of sp³-hybridized carbons (Fsp3) is 0.350. The second kappa shape index (κ2) is 7.37. The van der Waals surface area contributed by atoms with Crippen molar-refractivity contribution in [3.05, 3.63) is 64.7 Å². The van der Waals surface area contributed by atoms with Crippen molar-refractivity contribution in [2.24, 2.45) is 0 Å². The van der Waals surface area contributed by atoms with Gasteiger partial charge in [0, 0.05) is 23.8 Å². The van der Waals surface area contributed by atoms with Gasteiger partial charge in [0.2, 0.25) is 5.91 Å². The Kier molecular flexibility index (Phi) is 5.22. The summed E-state index contributed by atoms with van der Waals surface area (Å²) < 4.78 is 0. The number of carbonyl (C=O) groups is 1. The SMILES string of the molecule is CC(C(=O)N1CCCc2ccccc21)N(C)Cc1ccc(Cl)cc1. The van der Waals surface area contributed by atoms with E-state index in [1.54, 1.807) is 0 Å². The number of carbonyl (C=O) groups excluding carboxylic acids is 1. The summed E-state index contributed by atoms with van der Waals surface area (Å²) in [5.41, 5.74) is 3.49. The molecule has 0 radical (unpaired) electrons. The van der Waals surface area contributed by atoms with Gasteiger partial charge in [0.15, 0.2) is 0 Å². The Bertz CT molecular complexity index is 714. The molecule has 1 heterocycles. The molecular weight excluding hydrogens is 320 g/mol. The van der Waals surface area contributed by atoms with Gasteiger partial charge in [-0.3, -0.25) is 9.69 Å². The first-order valence-electron chi connectivity index (χ1n) is 8.40. The lowest BCUT2D eigenvalue weighted by Crippen LogP contribution is -2.47. The van der Waals surface area contributed by atoms with Gasteiger partial charge in [-0.15, -0.1) is 0 Å². The standard InChI is InChI=1S/C20H23ClN2O/c1-15(22(2)14-16-9-11-18(21)12-10-16)20(24)23-13-5-7-17-6-3-4-8-19(17)23/h3-4,6,8-12,15H,5,7,13-14H2,1-2H3. The highest BCUT2D eigenvalue weighted by molar-refractivity contribution is 6.30. The fourth-order valence-electron chi connectivity index (χ4n) is 3.19. The first-order chi connectivity index (χ1) is 11.6. The van der Waals surface area contributed by atoms with E-state index in [0.29, 0.717) is 0 Å². The highest BCUT2D eigenvalue weighted by Gasteiger charge is 2.28. The fourth-order valence-corrected chi connectivity index (χ4v) is 3.32. The summed E-state index contributed by atoms with van der Waals surface area (Å²) >= 11 is 5.94. The van der Waals surface area contributed by atoms with E-state index in [0.717, 1.165) is 42.2 Å². The van der Waals surface area contributed by atoms with Gasteiger partial charge in [-0.2, -0.15) is 0 Å². The van der Waals surface area contributed by atoms with Crippen LogP contribution in [0.1, 0.15) is 24.5 Å². The second-order valence-corrected chi connectivity index (χ2v) is 6.88. The average Bonchev–Trinajstić information content (AvgIpc) is 2.62. The summed E-state index contributed by atoms with van der Waals surface area (Å²) in [6.07, 6.45) is 2.07. The van der Waals surface area contributed by atoms with Crippen LogP contribution in [-0.4, -0.2) is 30.4 Å². The van der Waals surface area contributed by atoms with Crippen LogP contribution in [0.4, 0.5) is 5.69 Å². The van der Waals surface area contributed by atoms with Gasteiger partial charge in [0.1, 0.15) is 0 Å². The van der Waals surface area contributed by atoms with Gasteiger partial charge >= 0.3 is 0 Å². The summed E-state index contributed by atoms with van der Waals surface area (Å²) in [6, 6.07) is 15.8. The smallest absolute Gasteiger partial charge is 0.244 e. The normalized spacial score (nSPS) is 15.2. The zero-order valence-corrected chi connectivity index (χ0v) is 15.0. The van der Waals surface area contributed by atoms with Crippen molar-refractivity contribution in [2.75, 3.05) is 18.5 Å². The number of aryl methyl sites for hydroxylation is 1. The van der Waals surface area contributed by atoms with Crippen molar-refractivity contribution >= 4 is 23.2 Å². The van der Waals surface area contributed by atoms with E-state index in [1.807, 2.05) is 55.3 Å². The Labute approximate surface area is 148 Å². The molecule has 2 aromatic rings. The maximum Gasteiger partial charge on any atom is 0.244 e. The van der Waals surface area contributed by atoms with Crippen molar-refractivity contribution in [3.8, 4) is 0 Å². The minimum Gasteiger partial charge on any atom is -0.311 e. The number of anilines is 1. The molecular formula is C20H23ClN2O. The van der Waals surface area contributed by atoms with Crippen molar-refractivity contribution in [3.63, 3.8) is 0 Å². The number of benzene rings is 2. The van der Waals surface area contributed by atoms with Crippen molar-refractivity contribution in [1.29, 1.82) is 0 Å².